The maximum atomic E-state index is 13.2. The highest BCUT2D eigenvalue weighted by molar-refractivity contribution is 7.89. The fraction of sp³-hybridized carbons (Fsp3) is 0.286. The number of rotatable bonds is 6. The minimum absolute atomic E-state index is 0.196. The summed E-state index contributed by atoms with van der Waals surface area (Å²) in [7, 11) is -2.18. The van der Waals surface area contributed by atoms with Crippen LogP contribution in [0.15, 0.2) is 53.4 Å². The topological polar surface area (TPSA) is 101 Å². The number of ether oxygens (including phenoxy) is 1. The molecule has 0 saturated carbocycles. The summed E-state index contributed by atoms with van der Waals surface area (Å²) in [6.07, 6.45) is 1.34. The minimum atomic E-state index is -3.71. The normalized spacial score (nSPS) is 16.9. The van der Waals surface area contributed by atoms with E-state index < -0.39 is 16.1 Å². The Morgan fingerprint density at radius 2 is 1.84 bits per heavy atom. The van der Waals surface area contributed by atoms with Crippen LogP contribution in [0.3, 0.4) is 0 Å². The Hall–Kier alpha value is -2.82. The van der Waals surface area contributed by atoms with Crippen LogP contribution in [0, 0.1) is 6.92 Å². The van der Waals surface area contributed by atoms with Crippen LogP contribution in [0.4, 0.5) is 5.69 Å². The lowest BCUT2D eigenvalue weighted by Gasteiger charge is -2.22. The van der Waals surface area contributed by atoms with E-state index in [1.807, 2.05) is 31.2 Å². The Labute approximate surface area is 184 Å². The fourth-order valence-electron chi connectivity index (χ4n) is 3.44. The molecule has 0 radical (unpaired) electrons. The van der Waals surface area contributed by atoms with E-state index in [4.69, 9.17) is 4.74 Å². The Kier molecular flexibility index (Phi) is 6.03. The number of sulfonamides is 1. The van der Waals surface area contributed by atoms with Gasteiger partial charge in [0.25, 0.3) is 5.91 Å². The van der Waals surface area contributed by atoms with E-state index in [1.54, 1.807) is 12.1 Å². The highest BCUT2D eigenvalue weighted by Gasteiger charge is 2.38. The van der Waals surface area contributed by atoms with Crippen LogP contribution in [0.25, 0.3) is 0 Å². The van der Waals surface area contributed by atoms with E-state index in [2.05, 4.69) is 15.5 Å². The first-order valence-electron chi connectivity index (χ1n) is 9.76. The van der Waals surface area contributed by atoms with Crippen molar-refractivity contribution in [1.29, 1.82) is 0 Å². The molecule has 1 saturated heterocycles. The molecule has 8 nitrogen and oxygen atoms in total. The van der Waals surface area contributed by atoms with Crippen LogP contribution in [0.2, 0.25) is 0 Å². The molecule has 1 aromatic heterocycles. The van der Waals surface area contributed by atoms with Gasteiger partial charge >= 0.3 is 0 Å². The first kappa shape index (κ1) is 21.4. The molecule has 0 aliphatic carbocycles. The molecule has 2 heterocycles. The lowest BCUT2D eigenvalue weighted by molar-refractivity contribution is 0.102. The van der Waals surface area contributed by atoms with E-state index in [9.17, 15) is 13.2 Å². The third kappa shape index (κ3) is 4.46. The Morgan fingerprint density at radius 1 is 1.13 bits per heavy atom. The molecule has 1 aliphatic rings. The highest BCUT2D eigenvalue weighted by Crippen LogP contribution is 2.38. The van der Waals surface area contributed by atoms with Gasteiger partial charge in [-0.05, 0) is 56.2 Å². The van der Waals surface area contributed by atoms with Crippen molar-refractivity contribution in [2.24, 2.45) is 0 Å². The summed E-state index contributed by atoms with van der Waals surface area (Å²) in [6.45, 7) is 2.36. The number of aryl methyl sites for hydroxylation is 1. The molecule has 162 valence electrons. The molecule has 10 heteroatoms. The van der Waals surface area contributed by atoms with E-state index in [0.29, 0.717) is 35.8 Å². The van der Waals surface area contributed by atoms with Gasteiger partial charge in [0.2, 0.25) is 15.0 Å². The summed E-state index contributed by atoms with van der Waals surface area (Å²) in [5, 5.41) is 11.7. The zero-order valence-electron chi connectivity index (χ0n) is 17.1. The highest BCUT2D eigenvalue weighted by atomic mass is 32.2. The zero-order chi connectivity index (χ0) is 22.0. The van der Waals surface area contributed by atoms with Gasteiger partial charge in [-0.1, -0.05) is 29.0 Å². The average molecular weight is 459 g/mol. The van der Waals surface area contributed by atoms with Crippen molar-refractivity contribution >= 4 is 33.0 Å². The van der Waals surface area contributed by atoms with E-state index in [0.717, 1.165) is 16.9 Å². The van der Waals surface area contributed by atoms with Crippen molar-refractivity contribution in [2.75, 3.05) is 19.0 Å². The molecular formula is C21H22N4O4S2. The summed E-state index contributed by atoms with van der Waals surface area (Å²) in [6, 6.07) is 13.3. The maximum absolute atomic E-state index is 13.2. The summed E-state index contributed by atoms with van der Waals surface area (Å²) >= 11 is 1.12. The van der Waals surface area contributed by atoms with E-state index in [-0.39, 0.29) is 15.8 Å². The first-order valence-corrected chi connectivity index (χ1v) is 12.0. The number of benzene rings is 2. The van der Waals surface area contributed by atoms with Crippen LogP contribution in [-0.4, -0.2) is 42.5 Å². The smallest absolute Gasteiger partial charge is 0.286 e. The van der Waals surface area contributed by atoms with Gasteiger partial charge < -0.3 is 10.1 Å². The third-order valence-electron chi connectivity index (χ3n) is 5.10. The molecule has 0 bridgehead atoms. The standard InChI is InChI=1S/C21H22N4O4S2/c1-14-5-7-15(8-6-14)22-19(26)21-24-23-20(30-21)18-4-3-13-25(18)31(27,28)17-11-9-16(29-2)10-12-17/h5-12,18H,3-4,13H2,1-2H3,(H,22,26). The number of nitrogens with one attached hydrogen (secondary N) is 1. The molecule has 31 heavy (non-hydrogen) atoms. The first-order chi connectivity index (χ1) is 14.9. The summed E-state index contributed by atoms with van der Waals surface area (Å²) in [5.74, 6) is 0.223. The largest absolute Gasteiger partial charge is 0.497 e. The van der Waals surface area contributed by atoms with Crippen LogP contribution in [0.1, 0.15) is 39.3 Å². The van der Waals surface area contributed by atoms with Gasteiger partial charge in [0.15, 0.2) is 0 Å². The van der Waals surface area contributed by atoms with Crippen molar-refractivity contribution in [2.45, 2.75) is 30.7 Å². The van der Waals surface area contributed by atoms with E-state index in [1.165, 1.54) is 23.5 Å². The van der Waals surface area contributed by atoms with E-state index >= 15 is 0 Å². The molecule has 0 spiro atoms. The second-order valence-corrected chi connectivity index (χ2v) is 10.1. The number of nitrogens with zero attached hydrogens (tertiary/aromatic N) is 3. The number of carbonyl (C=O) groups is 1. The van der Waals surface area contributed by atoms with Gasteiger partial charge in [0.05, 0.1) is 18.0 Å². The van der Waals surface area contributed by atoms with Gasteiger partial charge in [-0.15, -0.1) is 10.2 Å². The molecule has 3 aromatic rings. The maximum Gasteiger partial charge on any atom is 0.286 e. The molecule has 2 aromatic carbocycles. The Balaban J connectivity index is 1.53. The predicted molar refractivity (Wildman–Crippen MR) is 118 cm³/mol. The third-order valence-corrected chi connectivity index (χ3v) is 8.04. The molecule has 1 fully saturated rings. The van der Waals surface area contributed by atoms with Crippen molar-refractivity contribution in [3.63, 3.8) is 0 Å². The van der Waals surface area contributed by atoms with Crippen molar-refractivity contribution in [3.8, 4) is 5.75 Å². The number of anilines is 1. The monoisotopic (exact) mass is 458 g/mol. The average Bonchev–Trinajstić information content (AvgIpc) is 3.45. The van der Waals surface area contributed by atoms with Crippen LogP contribution in [0.5, 0.6) is 5.75 Å². The van der Waals surface area contributed by atoms with Gasteiger partial charge in [0, 0.05) is 12.2 Å². The number of hydrogen-bond donors (Lipinski definition) is 1. The lowest BCUT2D eigenvalue weighted by atomic mass is 10.2. The van der Waals surface area contributed by atoms with Crippen molar-refractivity contribution in [3.05, 3.63) is 64.1 Å². The van der Waals surface area contributed by atoms with Gasteiger partial charge in [0.1, 0.15) is 10.8 Å². The molecule has 1 atom stereocenters. The van der Waals surface area contributed by atoms with Crippen LogP contribution < -0.4 is 10.1 Å². The quantitative estimate of drug-likeness (QED) is 0.605. The molecule has 1 aliphatic heterocycles. The second-order valence-electron chi connectivity index (χ2n) is 7.21. The lowest BCUT2D eigenvalue weighted by Crippen LogP contribution is -2.30. The van der Waals surface area contributed by atoms with Gasteiger partial charge in [-0.2, -0.15) is 4.31 Å². The van der Waals surface area contributed by atoms with Crippen LogP contribution >= 0.6 is 11.3 Å². The molecule has 1 N–H and O–H groups in total. The number of methoxy groups -OCH3 is 1. The second kappa shape index (κ2) is 8.74. The zero-order valence-corrected chi connectivity index (χ0v) is 18.7. The number of carbonyl (C=O) groups excluding carboxylic acids is 1. The predicted octanol–water partition coefficient (Wildman–Crippen LogP) is 3.63. The molecular weight excluding hydrogens is 436 g/mol. The number of aromatic nitrogens is 2. The van der Waals surface area contributed by atoms with Gasteiger partial charge in [-0.25, -0.2) is 8.42 Å². The van der Waals surface area contributed by atoms with Crippen LogP contribution in [-0.2, 0) is 10.0 Å². The summed E-state index contributed by atoms with van der Waals surface area (Å²) in [5.41, 5.74) is 1.76. The summed E-state index contributed by atoms with van der Waals surface area (Å²) < 4.78 is 32.9. The Morgan fingerprint density at radius 3 is 2.52 bits per heavy atom. The minimum Gasteiger partial charge on any atom is -0.497 e. The number of amides is 1. The SMILES string of the molecule is COc1ccc(S(=O)(=O)N2CCCC2c2nnc(C(=O)Nc3ccc(C)cc3)s2)cc1. The number of hydrogen-bond acceptors (Lipinski definition) is 7. The summed E-state index contributed by atoms with van der Waals surface area (Å²) in [4.78, 5) is 12.7. The Bertz CT molecular complexity index is 1170. The molecule has 1 unspecified atom stereocenters. The van der Waals surface area contributed by atoms with Crippen molar-refractivity contribution < 1.29 is 17.9 Å². The molecule has 4 rings (SSSR count). The molecule has 1 amide bonds. The van der Waals surface area contributed by atoms with Crippen molar-refractivity contribution in [1.82, 2.24) is 14.5 Å². The van der Waals surface area contributed by atoms with Gasteiger partial charge in [-0.3, -0.25) is 4.79 Å². The fourth-order valence-corrected chi connectivity index (χ4v) is 6.05.